The molecular formula is C40H52N2. The Morgan fingerprint density at radius 1 is 0.381 bits per heavy atom. The monoisotopic (exact) mass is 560 g/mol. The van der Waals surface area contributed by atoms with Crippen LogP contribution in [0.3, 0.4) is 0 Å². The number of hydrogen-bond donors (Lipinski definition) is 2. The Bertz CT molecular complexity index is 1240. The van der Waals surface area contributed by atoms with Gasteiger partial charge in [0.25, 0.3) is 0 Å². The number of rotatable bonds is 17. The van der Waals surface area contributed by atoms with E-state index < -0.39 is 0 Å². The van der Waals surface area contributed by atoms with Gasteiger partial charge in [-0.2, -0.15) is 0 Å². The van der Waals surface area contributed by atoms with Gasteiger partial charge in [-0.25, -0.2) is 0 Å². The Morgan fingerprint density at radius 3 is 1.14 bits per heavy atom. The second-order valence-electron chi connectivity index (χ2n) is 12.2. The van der Waals surface area contributed by atoms with Crippen molar-refractivity contribution in [3.63, 3.8) is 0 Å². The molecule has 0 spiro atoms. The molecule has 4 aromatic rings. The van der Waals surface area contributed by atoms with Gasteiger partial charge in [-0.3, -0.25) is 0 Å². The van der Waals surface area contributed by atoms with Crippen LogP contribution >= 0.6 is 0 Å². The molecule has 0 aliphatic carbocycles. The average Bonchev–Trinajstić information content (AvgIpc) is 3.00. The van der Waals surface area contributed by atoms with Crippen LogP contribution in [-0.4, -0.2) is 0 Å². The minimum atomic E-state index is 0.830. The molecule has 42 heavy (non-hydrogen) atoms. The van der Waals surface area contributed by atoms with Gasteiger partial charge in [0.1, 0.15) is 0 Å². The SMILES string of the molecule is CCCCCCc1cc(CCc2ccc(Cc3ccc(N)cc3)c(CCCCCC)c2)ccc1Cc1ccc(N)cc1. The molecule has 4 rings (SSSR count). The summed E-state index contributed by atoms with van der Waals surface area (Å²) in [6.07, 6.45) is 16.8. The Kier molecular flexibility index (Phi) is 12.6. The predicted octanol–water partition coefficient (Wildman–Crippen LogP) is 10.1. The molecule has 0 aliphatic heterocycles. The zero-order chi connectivity index (χ0) is 29.6. The summed E-state index contributed by atoms with van der Waals surface area (Å²) in [5.74, 6) is 0. The number of hydrogen-bond acceptors (Lipinski definition) is 2. The molecule has 0 aliphatic rings. The second-order valence-corrected chi connectivity index (χ2v) is 12.2. The maximum atomic E-state index is 5.93. The lowest BCUT2D eigenvalue weighted by molar-refractivity contribution is 0.664. The Hall–Kier alpha value is -3.52. The van der Waals surface area contributed by atoms with E-state index in [4.69, 9.17) is 11.5 Å². The van der Waals surface area contributed by atoms with Crippen molar-refractivity contribution in [1.82, 2.24) is 0 Å². The van der Waals surface area contributed by atoms with Crippen molar-refractivity contribution in [3.05, 3.63) is 129 Å². The summed E-state index contributed by atoms with van der Waals surface area (Å²) in [6.45, 7) is 4.57. The fourth-order valence-electron chi connectivity index (χ4n) is 5.96. The average molecular weight is 561 g/mol. The van der Waals surface area contributed by atoms with Crippen LogP contribution in [0.2, 0.25) is 0 Å². The normalized spacial score (nSPS) is 11.2. The van der Waals surface area contributed by atoms with E-state index in [0.717, 1.165) is 37.1 Å². The first-order valence-corrected chi connectivity index (χ1v) is 16.4. The number of nitrogen functional groups attached to an aromatic ring is 2. The predicted molar refractivity (Wildman–Crippen MR) is 183 cm³/mol. The Labute approximate surface area is 255 Å². The molecule has 2 heteroatoms. The van der Waals surface area contributed by atoms with Crippen LogP contribution < -0.4 is 11.5 Å². The maximum absolute atomic E-state index is 5.93. The first kappa shape index (κ1) is 31.4. The highest BCUT2D eigenvalue weighted by molar-refractivity contribution is 5.44. The van der Waals surface area contributed by atoms with Crippen molar-refractivity contribution in [3.8, 4) is 0 Å². The van der Waals surface area contributed by atoms with E-state index in [1.807, 2.05) is 24.3 Å². The highest BCUT2D eigenvalue weighted by Gasteiger charge is 2.09. The third-order valence-electron chi connectivity index (χ3n) is 8.59. The van der Waals surface area contributed by atoms with Gasteiger partial charge in [0, 0.05) is 11.4 Å². The molecule has 0 bridgehead atoms. The number of unbranched alkanes of at least 4 members (excludes halogenated alkanes) is 6. The molecule has 0 heterocycles. The highest BCUT2D eigenvalue weighted by Crippen LogP contribution is 2.24. The third-order valence-corrected chi connectivity index (χ3v) is 8.59. The van der Waals surface area contributed by atoms with Gasteiger partial charge in [-0.15, -0.1) is 0 Å². The van der Waals surface area contributed by atoms with E-state index >= 15 is 0 Å². The molecule has 2 nitrogen and oxygen atoms in total. The lowest BCUT2D eigenvalue weighted by Crippen LogP contribution is -2.02. The minimum Gasteiger partial charge on any atom is -0.399 e. The largest absolute Gasteiger partial charge is 0.399 e. The molecule has 0 radical (unpaired) electrons. The number of anilines is 2. The topological polar surface area (TPSA) is 52.0 Å². The van der Waals surface area contributed by atoms with Crippen LogP contribution in [0.5, 0.6) is 0 Å². The molecule has 0 atom stereocenters. The maximum Gasteiger partial charge on any atom is 0.0314 e. The zero-order valence-corrected chi connectivity index (χ0v) is 26.1. The van der Waals surface area contributed by atoms with Crippen LogP contribution in [0.4, 0.5) is 11.4 Å². The van der Waals surface area contributed by atoms with Gasteiger partial charge in [0.2, 0.25) is 0 Å². The van der Waals surface area contributed by atoms with E-state index in [2.05, 4.69) is 74.5 Å². The fraction of sp³-hybridized carbons (Fsp3) is 0.400. The molecule has 0 saturated heterocycles. The fourth-order valence-corrected chi connectivity index (χ4v) is 5.96. The summed E-state index contributed by atoms with van der Waals surface area (Å²) < 4.78 is 0. The number of nitrogens with two attached hydrogens (primary N) is 2. The van der Waals surface area contributed by atoms with Crippen LogP contribution in [0, 0.1) is 0 Å². The first-order valence-electron chi connectivity index (χ1n) is 16.4. The van der Waals surface area contributed by atoms with Gasteiger partial charge in [0.05, 0.1) is 0 Å². The summed E-state index contributed by atoms with van der Waals surface area (Å²) in [6, 6.07) is 31.2. The minimum absolute atomic E-state index is 0.830. The van der Waals surface area contributed by atoms with Crippen molar-refractivity contribution in [1.29, 1.82) is 0 Å². The Balaban J connectivity index is 1.47. The van der Waals surface area contributed by atoms with E-state index in [-0.39, 0.29) is 0 Å². The second kappa shape index (κ2) is 16.8. The molecule has 0 aromatic heterocycles. The van der Waals surface area contributed by atoms with Crippen LogP contribution in [-0.2, 0) is 38.5 Å². The summed E-state index contributed by atoms with van der Waals surface area (Å²) in [5, 5.41) is 0. The third kappa shape index (κ3) is 10.1. The molecule has 222 valence electrons. The first-order chi connectivity index (χ1) is 20.5. The molecule has 0 amide bonds. The molecule has 0 unspecified atom stereocenters. The molecule has 4 aromatic carbocycles. The molecular weight excluding hydrogens is 508 g/mol. The lowest BCUT2D eigenvalue weighted by atomic mass is 9.91. The van der Waals surface area contributed by atoms with Gasteiger partial charge in [0.15, 0.2) is 0 Å². The molecule has 4 N–H and O–H groups in total. The number of aryl methyl sites for hydroxylation is 4. The van der Waals surface area contributed by atoms with E-state index in [1.54, 1.807) is 0 Å². The summed E-state index contributed by atoms with van der Waals surface area (Å²) in [4.78, 5) is 0. The van der Waals surface area contributed by atoms with Crippen LogP contribution in [0.15, 0.2) is 84.9 Å². The van der Waals surface area contributed by atoms with Gasteiger partial charge in [-0.05, 0) is 120 Å². The molecule has 0 saturated carbocycles. The van der Waals surface area contributed by atoms with Gasteiger partial charge >= 0.3 is 0 Å². The zero-order valence-electron chi connectivity index (χ0n) is 26.1. The van der Waals surface area contributed by atoms with E-state index in [0.29, 0.717) is 0 Å². The number of benzene rings is 4. The van der Waals surface area contributed by atoms with Crippen molar-refractivity contribution in [2.24, 2.45) is 0 Å². The summed E-state index contributed by atoms with van der Waals surface area (Å²) in [7, 11) is 0. The summed E-state index contributed by atoms with van der Waals surface area (Å²) in [5.41, 5.74) is 25.1. The van der Waals surface area contributed by atoms with E-state index in [1.165, 1.54) is 109 Å². The quantitative estimate of drug-likeness (QED) is 0.0997. The lowest BCUT2D eigenvalue weighted by Gasteiger charge is -2.15. The smallest absolute Gasteiger partial charge is 0.0314 e. The van der Waals surface area contributed by atoms with Crippen molar-refractivity contribution in [2.75, 3.05) is 11.5 Å². The Morgan fingerprint density at radius 2 is 0.762 bits per heavy atom. The standard InChI is InChI=1S/C40H52N2/c1-3-5-7-9-11-35-27-31(15-21-37(35)29-33-17-23-39(41)24-18-33)13-14-32-16-22-38(30-34-19-25-40(42)26-20-34)36(28-32)12-10-8-6-4-2/h15-28H,3-14,29-30,41-42H2,1-2H3. The van der Waals surface area contributed by atoms with Crippen molar-refractivity contribution < 1.29 is 0 Å². The van der Waals surface area contributed by atoms with Crippen LogP contribution in [0.25, 0.3) is 0 Å². The molecule has 0 fully saturated rings. The van der Waals surface area contributed by atoms with Crippen molar-refractivity contribution in [2.45, 2.75) is 104 Å². The van der Waals surface area contributed by atoms with Crippen molar-refractivity contribution >= 4 is 11.4 Å². The van der Waals surface area contributed by atoms with Gasteiger partial charge < -0.3 is 11.5 Å². The van der Waals surface area contributed by atoms with Crippen LogP contribution in [0.1, 0.15) is 110 Å². The summed E-state index contributed by atoms with van der Waals surface area (Å²) >= 11 is 0. The highest BCUT2D eigenvalue weighted by atomic mass is 14.5. The van der Waals surface area contributed by atoms with E-state index in [9.17, 15) is 0 Å². The van der Waals surface area contributed by atoms with Gasteiger partial charge in [-0.1, -0.05) is 113 Å².